The minimum absolute atomic E-state index is 0.180. The second-order valence-electron chi connectivity index (χ2n) is 9.46. The zero-order chi connectivity index (χ0) is 19.2. The lowest BCUT2D eigenvalue weighted by atomic mass is 9.63. The first-order valence-corrected chi connectivity index (χ1v) is 10.1. The van der Waals surface area contributed by atoms with Crippen molar-refractivity contribution in [2.75, 3.05) is 18.0 Å². The largest absolute Gasteiger partial charge is 0.341 e. The smallest absolute Gasteiger partial charge is 0.228 e. The molecule has 0 amide bonds. The van der Waals surface area contributed by atoms with E-state index >= 15 is 0 Å². The third-order valence-corrected chi connectivity index (χ3v) is 6.49. The molecule has 144 valence electrons. The van der Waals surface area contributed by atoms with Gasteiger partial charge in [0.25, 0.3) is 0 Å². The van der Waals surface area contributed by atoms with Crippen LogP contribution in [0.1, 0.15) is 64.5 Å². The van der Waals surface area contributed by atoms with Gasteiger partial charge in [0.15, 0.2) is 5.82 Å². The highest BCUT2D eigenvalue weighted by Crippen LogP contribution is 2.46. The Balaban J connectivity index is 1.70. The van der Waals surface area contributed by atoms with Crippen LogP contribution in [0.25, 0.3) is 11.4 Å². The van der Waals surface area contributed by atoms with Crippen molar-refractivity contribution in [3.63, 3.8) is 0 Å². The lowest BCUT2D eigenvalue weighted by molar-refractivity contribution is 0.332. The quantitative estimate of drug-likeness (QED) is 0.876. The standard InChI is InChI=1S/C22H31N5/c1-21(2)9-10-22(3,4)18-13-15(5-6-17(18)21)19-24-14-25-20(26-19)27-11-7-16(23)8-12-27/h5-6,13-14,16H,7-12,23H2,1-4H3. The Hall–Kier alpha value is -2.01. The molecule has 0 atom stereocenters. The van der Waals surface area contributed by atoms with Crippen molar-refractivity contribution in [2.45, 2.75) is 70.3 Å². The van der Waals surface area contributed by atoms with Gasteiger partial charge >= 0.3 is 0 Å². The van der Waals surface area contributed by atoms with Crippen molar-refractivity contribution in [2.24, 2.45) is 5.73 Å². The van der Waals surface area contributed by atoms with Crippen molar-refractivity contribution >= 4 is 5.95 Å². The van der Waals surface area contributed by atoms with E-state index in [1.807, 2.05) is 0 Å². The number of piperidine rings is 1. The SMILES string of the molecule is CC1(C)CCC(C)(C)c2cc(-c3ncnc(N4CCC(N)CC4)n3)ccc21. The minimum atomic E-state index is 0.180. The van der Waals surface area contributed by atoms with Crippen LogP contribution >= 0.6 is 0 Å². The maximum atomic E-state index is 6.03. The Labute approximate surface area is 162 Å². The number of anilines is 1. The molecular weight excluding hydrogens is 334 g/mol. The Morgan fingerprint density at radius 1 is 0.963 bits per heavy atom. The van der Waals surface area contributed by atoms with Crippen LogP contribution < -0.4 is 10.6 Å². The van der Waals surface area contributed by atoms with Gasteiger partial charge in [0.2, 0.25) is 5.95 Å². The van der Waals surface area contributed by atoms with Gasteiger partial charge < -0.3 is 10.6 Å². The molecule has 1 aliphatic heterocycles. The van der Waals surface area contributed by atoms with E-state index in [0.717, 1.165) is 43.3 Å². The molecule has 1 fully saturated rings. The van der Waals surface area contributed by atoms with E-state index < -0.39 is 0 Å². The molecule has 0 spiro atoms. The van der Waals surface area contributed by atoms with Crippen LogP contribution in [0.2, 0.25) is 0 Å². The molecule has 0 unspecified atom stereocenters. The van der Waals surface area contributed by atoms with E-state index in [-0.39, 0.29) is 10.8 Å². The maximum absolute atomic E-state index is 6.03. The minimum Gasteiger partial charge on any atom is -0.341 e. The second kappa shape index (κ2) is 6.55. The second-order valence-corrected chi connectivity index (χ2v) is 9.46. The van der Waals surface area contributed by atoms with Gasteiger partial charge in [-0.05, 0) is 53.7 Å². The third-order valence-electron chi connectivity index (χ3n) is 6.49. The number of rotatable bonds is 2. The molecule has 0 saturated carbocycles. The summed E-state index contributed by atoms with van der Waals surface area (Å²) in [6, 6.07) is 7.07. The summed E-state index contributed by atoms with van der Waals surface area (Å²) in [5, 5.41) is 0. The van der Waals surface area contributed by atoms with E-state index in [1.165, 1.54) is 24.0 Å². The van der Waals surface area contributed by atoms with E-state index in [2.05, 4.69) is 60.8 Å². The fourth-order valence-electron chi connectivity index (χ4n) is 4.41. The van der Waals surface area contributed by atoms with Gasteiger partial charge in [-0.15, -0.1) is 0 Å². The number of hydrogen-bond donors (Lipinski definition) is 1. The normalized spacial score (nSPS) is 21.7. The van der Waals surface area contributed by atoms with Gasteiger partial charge in [0.05, 0.1) is 0 Å². The van der Waals surface area contributed by atoms with Crippen molar-refractivity contribution in [1.29, 1.82) is 0 Å². The van der Waals surface area contributed by atoms with Gasteiger partial charge in [0.1, 0.15) is 6.33 Å². The topological polar surface area (TPSA) is 67.9 Å². The molecule has 1 aliphatic carbocycles. The van der Waals surface area contributed by atoms with Crippen LogP contribution in [0.5, 0.6) is 0 Å². The molecule has 2 aromatic rings. The summed E-state index contributed by atoms with van der Waals surface area (Å²) in [6.07, 6.45) is 6.04. The number of benzene rings is 1. The molecule has 5 nitrogen and oxygen atoms in total. The zero-order valence-electron chi connectivity index (χ0n) is 17.0. The predicted molar refractivity (Wildman–Crippen MR) is 110 cm³/mol. The molecule has 27 heavy (non-hydrogen) atoms. The van der Waals surface area contributed by atoms with Crippen molar-refractivity contribution < 1.29 is 0 Å². The van der Waals surface area contributed by atoms with Crippen LogP contribution in [-0.4, -0.2) is 34.1 Å². The van der Waals surface area contributed by atoms with Gasteiger partial charge in [-0.2, -0.15) is 4.98 Å². The molecular formula is C22H31N5. The molecule has 0 bridgehead atoms. The molecule has 1 aromatic carbocycles. The third kappa shape index (κ3) is 3.45. The highest BCUT2D eigenvalue weighted by molar-refractivity contribution is 5.61. The monoisotopic (exact) mass is 365 g/mol. The Morgan fingerprint density at radius 3 is 2.33 bits per heavy atom. The fraction of sp³-hybridized carbons (Fsp3) is 0.591. The number of aromatic nitrogens is 3. The lowest BCUT2D eigenvalue weighted by Gasteiger charge is -2.42. The summed E-state index contributed by atoms with van der Waals surface area (Å²) in [5.74, 6) is 1.53. The van der Waals surface area contributed by atoms with E-state index in [4.69, 9.17) is 10.7 Å². The summed E-state index contributed by atoms with van der Waals surface area (Å²) in [7, 11) is 0. The van der Waals surface area contributed by atoms with Gasteiger partial charge in [0, 0.05) is 24.7 Å². The first-order chi connectivity index (χ1) is 12.8. The molecule has 2 heterocycles. The van der Waals surface area contributed by atoms with Gasteiger partial charge in [-0.25, -0.2) is 9.97 Å². The van der Waals surface area contributed by atoms with Crippen molar-refractivity contribution in [3.05, 3.63) is 35.7 Å². The summed E-state index contributed by atoms with van der Waals surface area (Å²) in [5.41, 5.74) is 10.4. The summed E-state index contributed by atoms with van der Waals surface area (Å²) in [4.78, 5) is 15.9. The molecule has 4 rings (SSSR count). The predicted octanol–water partition coefficient (Wildman–Crippen LogP) is 3.82. The summed E-state index contributed by atoms with van der Waals surface area (Å²) >= 11 is 0. The van der Waals surface area contributed by atoms with Gasteiger partial charge in [-0.1, -0.05) is 39.8 Å². The average molecular weight is 366 g/mol. The van der Waals surface area contributed by atoms with Gasteiger partial charge in [-0.3, -0.25) is 0 Å². The number of nitrogens with zero attached hydrogens (tertiary/aromatic N) is 4. The average Bonchev–Trinajstić information content (AvgIpc) is 2.66. The number of fused-ring (bicyclic) bond motifs is 1. The van der Waals surface area contributed by atoms with Crippen LogP contribution in [-0.2, 0) is 10.8 Å². The zero-order valence-corrected chi connectivity index (χ0v) is 17.0. The Bertz CT molecular complexity index is 834. The van der Waals surface area contributed by atoms with Crippen molar-refractivity contribution in [3.8, 4) is 11.4 Å². The molecule has 2 aliphatic rings. The first-order valence-electron chi connectivity index (χ1n) is 10.1. The number of nitrogens with two attached hydrogens (primary N) is 1. The van der Waals surface area contributed by atoms with E-state index in [9.17, 15) is 0 Å². The highest BCUT2D eigenvalue weighted by Gasteiger charge is 2.37. The summed E-state index contributed by atoms with van der Waals surface area (Å²) in [6.45, 7) is 11.2. The van der Waals surface area contributed by atoms with Crippen LogP contribution in [0.4, 0.5) is 5.95 Å². The highest BCUT2D eigenvalue weighted by atomic mass is 15.3. The van der Waals surface area contributed by atoms with E-state index in [0.29, 0.717) is 6.04 Å². The maximum Gasteiger partial charge on any atom is 0.228 e. The Kier molecular flexibility index (Phi) is 4.46. The molecule has 5 heteroatoms. The van der Waals surface area contributed by atoms with E-state index in [1.54, 1.807) is 6.33 Å². The molecule has 1 aromatic heterocycles. The van der Waals surface area contributed by atoms with Crippen LogP contribution in [0.3, 0.4) is 0 Å². The molecule has 1 saturated heterocycles. The lowest BCUT2D eigenvalue weighted by Crippen LogP contribution is -2.40. The van der Waals surface area contributed by atoms with Crippen LogP contribution in [0, 0.1) is 0 Å². The van der Waals surface area contributed by atoms with Crippen molar-refractivity contribution in [1.82, 2.24) is 15.0 Å². The first kappa shape index (κ1) is 18.4. The van der Waals surface area contributed by atoms with Crippen LogP contribution in [0.15, 0.2) is 24.5 Å². The number of hydrogen-bond acceptors (Lipinski definition) is 5. The Morgan fingerprint density at radius 2 is 1.63 bits per heavy atom. The fourth-order valence-corrected chi connectivity index (χ4v) is 4.41. The molecule has 2 N–H and O–H groups in total. The summed E-state index contributed by atoms with van der Waals surface area (Å²) < 4.78 is 0. The molecule has 0 radical (unpaired) electrons.